The smallest absolute Gasteiger partial charge is 0.163 e. The van der Waals surface area contributed by atoms with Crippen molar-refractivity contribution in [3.8, 4) is 11.4 Å². The summed E-state index contributed by atoms with van der Waals surface area (Å²) < 4.78 is 16.1. The van der Waals surface area contributed by atoms with Gasteiger partial charge in [0.1, 0.15) is 17.3 Å². The number of fused-ring (bicyclic) bond motifs is 2. The van der Waals surface area contributed by atoms with Gasteiger partial charge in [-0.05, 0) is 35.4 Å². The van der Waals surface area contributed by atoms with Gasteiger partial charge in [0.15, 0.2) is 5.82 Å². The summed E-state index contributed by atoms with van der Waals surface area (Å²) in [6.45, 7) is 0.623. The zero-order valence-electron chi connectivity index (χ0n) is 18.8. The molecule has 6 rings (SSSR count). The van der Waals surface area contributed by atoms with Crippen LogP contribution in [0.15, 0.2) is 110 Å². The number of hydrogen-bond donors (Lipinski definition) is 1. The Morgan fingerprint density at radius 1 is 0.829 bits per heavy atom. The van der Waals surface area contributed by atoms with Crippen molar-refractivity contribution in [1.82, 2.24) is 19.4 Å². The molecule has 0 saturated carbocycles. The topological polar surface area (TPSA) is 55.1 Å². The standard InChI is InChI=1S/C29H22FN5/c30-23-12-13-24-26(17-23)33-28(22-11-14-27-31-15-16-35(27)19-22)34-29(24)32-18-25(20-7-3-1-4-8-20)21-9-5-2-6-10-21/h1-17,19,25H,18H2,(H,32,33,34). The van der Waals surface area contributed by atoms with E-state index in [0.717, 1.165) is 16.6 Å². The molecular formula is C29H22FN5. The second-order valence-corrected chi connectivity index (χ2v) is 8.42. The van der Waals surface area contributed by atoms with Crippen molar-refractivity contribution in [3.63, 3.8) is 0 Å². The number of nitrogens with zero attached hydrogens (tertiary/aromatic N) is 4. The number of halogens is 1. The number of pyridine rings is 1. The monoisotopic (exact) mass is 459 g/mol. The van der Waals surface area contributed by atoms with Gasteiger partial charge in [-0.25, -0.2) is 19.3 Å². The lowest BCUT2D eigenvalue weighted by molar-refractivity contribution is 0.629. The fourth-order valence-electron chi connectivity index (χ4n) is 4.42. The molecule has 0 unspecified atom stereocenters. The zero-order valence-corrected chi connectivity index (χ0v) is 18.8. The van der Waals surface area contributed by atoms with Crippen LogP contribution in [0, 0.1) is 5.82 Å². The van der Waals surface area contributed by atoms with Gasteiger partial charge in [0, 0.05) is 48.1 Å². The number of aromatic nitrogens is 4. The van der Waals surface area contributed by atoms with Crippen molar-refractivity contribution >= 4 is 22.4 Å². The first kappa shape index (κ1) is 21.0. The molecule has 170 valence electrons. The lowest BCUT2D eigenvalue weighted by Gasteiger charge is -2.20. The number of rotatable bonds is 6. The first-order chi connectivity index (χ1) is 17.2. The van der Waals surface area contributed by atoms with E-state index >= 15 is 0 Å². The van der Waals surface area contributed by atoms with Gasteiger partial charge < -0.3 is 9.72 Å². The summed E-state index contributed by atoms with van der Waals surface area (Å²) >= 11 is 0. The highest BCUT2D eigenvalue weighted by Gasteiger charge is 2.16. The second kappa shape index (κ2) is 8.99. The van der Waals surface area contributed by atoms with Crippen LogP contribution in [0.3, 0.4) is 0 Å². The van der Waals surface area contributed by atoms with Crippen LogP contribution in [-0.2, 0) is 0 Å². The average molecular weight is 460 g/mol. The molecule has 0 bridgehead atoms. The lowest BCUT2D eigenvalue weighted by atomic mass is 9.91. The van der Waals surface area contributed by atoms with Crippen molar-refractivity contribution in [2.45, 2.75) is 5.92 Å². The summed E-state index contributed by atoms with van der Waals surface area (Å²) in [6.07, 6.45) is 5.56. The molecule has 5 nitrogen and oxygen atoms in total. The third kappa shape index (κ3) is 4.22. The van der Waals surface area contributed by atoms with E-state index in [-0.39, 0.29) is 11.7 Å². The molecule has 0 atom stereocenters. The van der Waals surface area contributed by atoms with Crippen LogP contribution < -0.4 is 5.32 Å². The molecule has 3 heterocycles. The Morgan fingerprint density at radius 2 is 1.57 bits per heavy atom. The number of anilines is 1. The van der Waals surface area contributed by atoms with Crippen LogP contribution in [0.5, 0.6) is 0 Å². The third-order valence-corrected chi connectivity index (χ3v) is 6.18. The molecule has 0 radical (unpaired) electrons. The predicted octanol–water partition coefficient (Wildman–Crippen LogP) is 6.33. The van der Waals surface area contributed by atoms with E-state index in [2.05, 4.69) is 63.8 Å². The molecule has 0 aliphatic heterocycles. The number of imidazole rings is 1. The molecule has 6 heteroatoms. The number of hydrogen-bond acceptors (Lipinski definition) is 4. The van der Waals surface area contributed by atoms with Crippen LogP contribution >= 0.6 is 0 Å². The molecule has 0 fully saturated rings. The molecule has 0 spiro atoms. The SMILES string of the molecule is Fc1ccc2c(NCC(c3ccccc3)c3ccccc3)nc(-c3ccc4nccn4c3)nc2c1. The van der Waals surface area contributed by atoms with E-state index in [1.807, 2.05) is 41.1 Å². The molecule has 3 aromatic heterocycles. The average Bonchev–Trinajstić information content (AvgIpc) is 3.38. The van der Waals surface area contributed by atoms with Gasteiger partial charge >= 0.3 is 0 Å². The van der Waals surface area contributed by atoms with Gasteiger partial charge in [-0.1, -0.05) is 60.7 Å². The van der Waals surface area contributed by atoms with Crippen molar-refractivity contribution in [2.24, 2.45) is 0 Å². The minimum absolute atomic E-state index is 0.119. The van der Waals surface area contributed by atoms with Crippen LogP contribution in [0.1, 0.15) is 17.0 Å². The van der Waals surface area contributed by atoms with Crippen LogP contribution in [0.2, 0.25) is 0 Å². The maximum atomic E-state index is 14.1. The van der Waals surface area contributed by atoms with E-state index in [0.29, 0.717) is 23.7 Å². The summed E-state index contributed by atoms with van der Waals surface area (Å²) in [6, 6.07) is 29.3. The molecule has 0 aliphatic carbocycles. The van der Waals surface area contributed by atoms with Gasteiger partial charge in [-0.2, -0.15) is 0 Å². The highest BCUT2D eigenvalue weighted by molar-refractivity contribution is 5.90. The first-order valence-electron chi connectivity index (χ1n) is 11.5. The van der Waals surface area contributed by atoms with Crippen molar-refractivity contribution < 1.29 is 4.39 Å². The Balaban J connectivity index is 1.41. The normalized spacial score (nSPS) is 11.4. The first-order valence-corrected chi connectivity index (χ1v) is 11.5. The largest absolute Gasteiger partial charge is 0.368 e. The Labute approximate surface area is 202 Å². The Kier molecular flexibility index (Phi) is 5.39. The van der Waals surface area contributed by atoms with Crippen molar-refractivity contribution in [1.29, 1.82) is 0 Å². The maximum Gasteiger partial charge on any atom is 0.163 e. The van der Waals surface area contributed by atoms with E-state index in [1.54, 1.807) is 12.3 Å². The summed E-state index contributed by atoms with van der Waals surface area (Å²) in [5.41, 5.74) is 4.64. The maximum absolute atomic E-state index is 14.1. The summed E-state index contributed by atoms with van der Waals surface area (Å²) in [4.78, 5) is 13.8. The zero-order chi connectivity index (χ0) is 23.6. The van der Waals surface area contributed by atoms with Crippen molar-refractivity contribution in [2.75, 3.05) is 11.9 Å². The number of benzene rings is 3. The van der Waals surface area contributed by atoms with Crippen LogP contribution in [0.25, 0.3) is 27.9 Å². The van der Waals surface area contributed by atoms with Gasteiger partial charge in [0.05, 0.1) is 5.52 Å². The summed E-state index contributed by atoms with van der Waals surface area (Å²) in [5.74, 6) is 0.989. The van der Waals surface area contributed by atoms with E-state index in [1.165, 1.54) is 23.3 Å². The number of nitrogens with one attached hydrogen (secondary N) is 1. The third-order valence-electron chi connectivity index (χ3n) is 6.18. The lowest BCUT2D eigenvalue weighted by Crippen LogP contribution is -2.15. The molecular weight excluding hydrogens is 437 g/mol. The predicted molar refractivity (Wildman–Crippen MR) is 137 cm³/mol. The fourth-order valence-corrected chi connectivity index (χ4v) is 4.42. The quantitative estimate of drug-likeness (QED) is 0.316. The molecule has 3 aromatic carbocycles. The van der Waals surface area contributed by atoms with Gasteiger partial charge in [-0.3, -0.25) is 0 Å². The van der Waals surface area contributed by atoms with Crippen molar-refractivity contribution in [3.05, 3.63) is 127 Å². The van der Waals surface area contributed by atoms with Gasteiger partial charge in [0.25, 0.3) is 0 Å². The van der Waals surface area contributed by atoms with E-state index < -0.39 is 0 Å². The molecule has 0 aliphatic rings. The van der Waals surface area contributed by atoms with Gasteiger partial charge in [0.2, 0.25) is 0 Å². The van der Waals surface area contributed by atoms with Crippen LogP contribution in [0.4, 0.5) is 10.2 Å². The fraction of sp³-hybridized carbons (Fsp3) is 0.0690. The Bertz CT molecular complexity index is 1570. The summed E-state index contributed by atoms with van der Waals surface area (Å²) in [5, 5.41) is 4.33. The van der Waals surface area contributed by atoms with E-state index in [4.69, 9.17) is 4.98 Å². The summed E-state index contributed by atoms with van der Waals surface area (Å²) in [7, 11) is 0. The van der Waals surface area contributed by atoms with Crippen LogP contribution in [-0.4, -0.2) is 25.9 Å². The minimum atomic E-state index is -0.329. The van der Waals surface area contributed by atoms with Gasteiger partial charge in [-0.15, -0.1) is 0 Å². The molecule has 1 N–H and O–H groups in total. The molecule has 0 saturated heterocycles. The Morgan fingerprint density at radius 3 is 2.31 bits per heavy atom. The molecule has 35 heavy (non-hydrogen) atoms. The second-order valence-electron chi connectivity index (χ2n) is 8.42. The highest BCUT2D eigenvalue weighted by Crippen LogP contribution is 2.29. The minimum Gasteiger partial charge on any atom is -0.368 e. The molecule has 0 amide bonds. The molecule has 6 aromatic rings. The highest BCUT2D eigenvalue weighted by atomic mass is 19.1. The van der Waals surface area contributed by atoms with E-state index in [9.17, 15) is 4.39 Å². The Hall–Kier alpha value is -4.58.